The number of hydrogen-bond donors (Lipinski definition) is 1. The number of rotatable bonds is 2. The highest BCUT2D eigenvalue weighted by Crippen LogP contribution is 2.40. The van der Waals surface area contributed by atoms with Gasteiger partial charge in [0.15, 0.2) is 22.4 Å². The number of methoxy groups -OCH3 is 1. The molecule has 148 valence electrons. The van der Waals surface area contributed by atoms with E-state index in [4.69, 9.17) is 9.72 Å². The molecule has 0 fully saturated rings. The molecule has 0 aliphatic carbocycles. The summed E-state index contributed by atoms with van der Waals surface area (Å²) in [7, 11) is 1.46. The van der Waals surface area contributed by atoms with Gasteiger partial charge >= 0.3 is 0 Å². The first-order chi connectivity index (χ1) is 15.1. The third-order valence-corrected chi connectivity index (χ3v) is 5.97. The molecule has 1 aromatic heterocycles. The zero-order chi connectivity index (χ0) is 21.3. The molecule has 31 heavy (non-hydrogen) atoms. The highest BCUT2D eigenvalue weighted by molar-refractivity contribution is 6.24. The van der Waals surface area contributed by atoms with E-state index >= 15 is 0 Å². The minimum absolute atomic E-state index is 0.0159. The first-order valence-corrected chi connectivity index (χ1v) is 9.83. The summed E-state index contributed by atoms with van der Waals surface area (Å²) in [6, 6.07) is 19.6. The Balaban J connectivity index is 1.95. The highest BCUT2D eigenvalue weighted by atomic mass is 16.5. The minimum Gasteiger partial charge on any atom is -0.504 e. The average Bonchev–Trinajstić information content (AvgIpc) is 3.25. The molecule has 0 spiro atoms. The van der Waals surface area contributed by atoms with E-state index in [1.54, 1.807) is 24.3 Å². The molecule has 0 saturated carbocycles. The molecule has 0 radical (unpaired) electrons. The van der Waals surface area contributed by atoms with Crippen molar-refractivity contribution in [2.45, 2.75) is 0 Å². The summed E-state index contributed by atoms with van der Waals surface area (Å²) in [6.45, 7) is 0. The van der Waals surface area contributed by atoms with E-state index < -0.39 is 0 Å². The van der Waals surface area contributed by atoms with Crippen LogP contribution in [-0.4, -0.2) is 17.2 Å². The van der Waals surface area contributed by atoms with Crippen LogP contribution in [0.2, 0.25) is 0 Å². The van der Waals surface area contributed by atoms with Crippen LogP contribution in [0.25, 0.3) is 54.5 Å². The standard InChI is InChI=1S/C26H15NO4/c1-31-19-12-13(10-11-18(19)28)20-21-23(14-6-2-4-8-16(14)25(21)29)27-24-15-7-3-5-9-17(15)26(30)22(20)24/h2-12,28H,1H3. The Kier molecular flexibility index (Phi) is 3.48. The van der Waals surface area contributed by atoms with Gasteiger partial charge in [-0.05, 0) is 17.7 Å². The van der Waals surface area contributed by atoms with Gasteiger partial charge in [0.25, 0.3) is 0 Å². The van der Waals surface area contributed by atoms with Crippen LogP contribution in [0.5, 0.6) is 11.5 Å². The lowest BCUT2D eigenvalue weighted by molar-refractivity contribution is 0.373. The van der Waals surface area contributed by atoms with Gasteiger partial charge in [-0.1, -0.05) is 54.6 Å². The summed E-state index contributed by atoms with van der Waals surface area (Å²) in [5.41, 5.74) is 1.97. The van der Waals surface area contributed by atoms with Crippen molar-refractivity contribution in [2.75, 3.05) is 7.11 Å². The smallest absolute Gasteiger partial charge is 0.196 e. The molecule has 6 aromatic rings. The normalized spacial score (nSPS) is 11.8. The number of fused-ring (bicyclic) bond motifs is 6. The molecule has 0 bridgehead atoms. The number of aromatic hydroxyl groups is 1. The van der Waals surface area contributed by atoms with Crippen LogP contribution in [-0.2, 0) is 0 Å². The molecule has 0 atom stereocenters. The lowest BCUT2D eigenvalue weighted by Gasteiger charge is -2.09. The van der Waals surface area contributed by atoms with Crippen molar-refractivity contribution in [2.24, 2.45) is 0 Å². The summed E-state index contributed by atoms with van der Waals surface area (Å²) in [5, 5.41) is 13.6. The predicted octanol–water partition coefficient (Wildman–Crippen LogP) is 4.67. The van der Waals surface area contributed by atoms with E-state index in [1.807, 2.05) is 36.4 Å². The SMILES string of the molecule is COc1cc(-c2c3c(=O)c4ccccc4c3nc3c2c(=O)c2ccccc23)ccc1O. The number of nitrogens with zero attached hydrogens (tertiary/aromatic N) is 1. The zero-order valence-corrected chi connectivity index (χ0v) is 16.5. The van der Waals surface area contributed by atoms with Crippen LogP contribution in [0.3, 0.4) is 0 Å². The lowest BCUT2D eigenvalue weighted by atomic mass is 9.98. The Morgan fingerprint density at radius 1 is 0.742 bits per heavy atom. The molecule has 5 aromatic carbocycles. The number of phenols is 1. The summed E-state index contributed by atoms with van der Waals surface area (Å²) < 4.78 is 5.29. The van der Waals surface area contributed by atoms with E-state index in [2.05, 4.69) is 0 Å². The second-order valence-corrected chi connectivity index (χ2v) is 7.57. The van der Waals surface area contributed by atoms with Crippen LogP contribution < -0.4 is 15.6 Å². The fourth-order valence-electron chi connectivity index (χ4n) is 4.58. The van der Waals surface area contributed by atoms with Gasteiger partial charge < -0.3 is 9.84 Å². The van der Waals surface area contributed by atoms with E-state index in [-0.39, 0.29) is 22.4 Å². The molecular weight excluding hydrogens is 390 g/mol. The van der Waals surface area contributed by atoms with Crippen molar-refractivity contribution in [1.29, 1.82) is 0 Å². The third kappa shape index (κ3) is 2.23. The molecule has 0 unspecified atom stereocenters. The van der Waals surface area contributed by atoms with Crippen molar-refractivity contribution < 1.29 is 9.84 Å². The maximum Gasteiger partial charge on any atom is 0.196 e. The number of hydrogen-bond acceptors (Lipinski definition) is 5. The third-order valence-electron chi connectivity index (χ3n) is 5.97. The molecule has 5 nitrogen and oxygen atoms in total. The Bertz CT molecular complexity index is 1670. The van der Waals surface area contributed by atoms with Gasteiger partial charge in [-0.25, -0.2) is 4.98 Å². The Labute approximate surface area is 175 Å². The van der Waals surface area contributed by atoms with Gasteiger partial charge in [0.1, 0.15) is 0 Å². The van der Waals surface area contributed by atoms with Crippen molar-refractivity contribution >= 4 is 43.4 Å². The zero-order valence-electron chi connectivity index (χ0n) is 16.5. The number of aromatic nitrogens is 1. The van der Waals surface area contributed by atoms with Gasteiger partial charge in [0.05, 0.1) is 28.9 Å². The van der Waals surface area contributed by atoms with Crippen LogP contribution >= 0.6 is 0 Å². The quantitative estimate of drug-likeness (QED) is 0.453. The second-order valence-electron chi connectivity index (χ2n) is 7.57. The Morgan fingerprint density at radius 3 is 1.77 bits per heavy atom. The minimum atomic E-state index is -0.160. The molecule has 0 aliphatic heterocycles. The molecule has 6 rings (SSSR count). The van der Waals surface area contributed by atoms with Crippen LogP contribution in [0.15, 0.2) is 76.3 Å². The van der Waals surface area contributed by atoms with Gasteiger partial charge in [0.2, 0.25) is 0 Å². The van der Waals surface area contributed by atoms with E-state index in [0.717, 1.165) is 10.8 Å². The lowest BCUT2D eigenvalue weighted by Crippen LogP contribution is -2.02. The molecule has 0 saturated heterocycles. The maximum atomic E-state index is 13.5. The van der Waals surface area contributed by atoms with Crippen molar-refractivity contribution in [1.82, 2.24) is 4.98 Å². The van der Waals surface area contributed by atoms with Crippen LogP contribution in [0, 0.1) is 0 Å². The van der Waals surface area contributed by atoms with Crippen LogP contribution in [0.4, 0.5) is 0 Å². The fourth-order valence-corrected chi connectivity index (χ4v) is 4.58. The highest BCUT2D eigenvalue weighted by Gasteiger charge is 2.24. The number of pyridine rings is 1. The number of ether oxygens (including phenoxy) is 1. The molecule has 0 amide bonds. The average molecular weight is 405 g/mol. The van der Waals surface area contributed by atoms with E-state index in [0.29, 0.717) is 43.7 Å². The first kappa shape index (κ1) is 17.6. The van der Waals surface area contributed by atoms with Crippen molar-refractivity contribution in [3.8, 4) is 22.6 Å². The van der Waals surface area contributed by atoms with Crippen molar-refractivity contribution in [3.05, 3.63) is 87.2 Å². The van der Waals surface area contributed by atoms with Crippen molar-refractivity contribution in [3.63, 3.8) is 0 Å². The van der Waals surface area contributed by atoms with Gasteiger partial charge in [-0.15, -0.1) is 0 Å². The first-order valence-electron chi connectivity index (χ1n) is 9.83. The summed E-state index contributed by atoms with van der Waals surface area (Å²) >= 11 is 0. The molecule has 1 heterocycles. The summed E-state index contributed by atoms with van der Waals surface area (Å²) in [6.07, 6.45) is 0. The van der Waals surface area contributed by atoms with E-state index in [9.17, 15) is 14.7 Å². The number of benzene rings is 3. The van der Waals surface area contributed by atoms with Gasteiger partial charge in [-0.2, -0.15) is 0 Å². The van der Waals surface area contributed by atoms with Gasteiger partial charge in [-0.3, -0.25) is 9.59 Å². The predicted molar refractivity (Wildman–Crippen MR) is 123 cm³/mol. The number of phenolic OH excluding ortho intramolecular Hbond substituents is 1. The maximum absolute atomic E-state index is 13.5. The summed E-state index contributed by atoms with van der Waals surface area (Å²) in [5.74, 6) is 0.251. The Morgan fingerprint density at radius 2 is 1.26 bits per heavy atom. The second kappa shape index (κ2) is 6.12. The molecule has 5 heteroatoms. The largest absolute Gasteiger partial charge is 0.504 e. The van der Waals surface area contributed by atoms with E-state index in [1.165, 1.54) is 13.2 Å². The summed E-state index contributed by atoms with van der Waals surface area (Å²) in [4.78, 5) is 31.7. The van der Waals surface area contributed by atoms with Crippen LogP contribution in [0.1, 0.15) is 0 Å². The topological polar surface area (TPSA) is 76.5 Å². The monoisotopic (exact) mass is 405 g/mol. The molecular formula is C26H15NO4. The van der Waals surface area contributed by atoms with Gasteiger partial charge in [0, 0.05) is 27.1 Å². The molecule has 1 N–H and O–H groups in total. The molecule has 0 aliphatic rings. The fraction of sp³-hybridized carbons (Fsp3) is 0.0385. The Hall–Kier alpha value is -4.25.